The summed E-state index contributed by atoms with van der Waals surface area (Å²) in [5.74, 6) is -2.67. The van der Waals surface area contributed by atoms with Gasteiger partial charge in [0.2, 0.25) is 17.4 Å². The minimum atomic E-state index is -4.16. The fraction of sp³-hybridized carbons (Fsp3) is 0.118. The van der Waals surface area contributed by atoms with Crippen LogP contribution in [0.1, 0.15) is 18.6 Å². The number of carbonyl (C=O) groups excluding carboxylic acids is 1. The highest BCUT2D eigenvalue weighted by Gasteiger charge is 2.40. The lowest BCUT2D eigenvalue weighted by molar-refractivity contribution is -0.123. The molecule has 2 aromatic carbocycles. The van der Waals surface area contributed by atoms with Crippen molar-refractivity contribution in [2.24, 2.45) is 5.73 Å². The molecule has 130 valence electrons. The Kier molecular flexibility index (Phi) is 4.46. The number of Topliss-reactive ketones (excluding diaryl/α,β-unsaturated/α-hetero) is 1. The third kappa shape index (κ3) is 3.85. The summed E-state index contributed by atoms with van der Waals surface area (Å²) in [4.78, 5) is 12.7. The molecule has 1 aliphatic heterocycles. The van der Waals surface area contributed by atoms with Crippen molar-refractivity contribution in [1.29, 1.82) is 0 Å². The van der Waals surface area contributed by atoms with Gasteiger partial charge in [0.15, 0.2) is 6.08 Å². The summed E-state index contributed by atoms with van der Waals surface area (Å²) in [5, 5.41) is 0. The Morgan fingerprint density at radius 1 is 1.16 bits per heavy atom. The van der Waals surface area contributed by atoms with Crippen molar-refractivity contribution in [2.45, 2.75) is 11.8 Å². The molecule has 6 nitrogen and oxygen atoms in total. The van der Waals surface area contributed by atoms with E-state index in [4.69, 9.17) is 16.0 Å². The van der Waals surface area contributed by atoms with Crippen LogP contribution in [0.25, 0.3) is 0 Å². The summed E-state index contributed by atoms with van der Waals surface area (Å²) in [6.45, 7) is 0. The molecule has 0 aliphatic carbocycles. The van der Waals surface area contributed by atoms with Crippen LogP contribution in [0, 0.1) is 0 Å². The number of halogens is 1. The Balaban J connectivity index is 1.86. The van der Waals surface area contributed by atoms with Gasteiger partial charge in [-0.2, -0.15) is 8.42 Å². The molecule has 0 fully saturated rings. The van der Waals surface area contributed by atoms with Gasteiger partial charge in [0.05, 0.1) is 1.37 Å². The maximum Gasteiger partial charge on any atom is 0.313 e. The van der Waals surface area contributed by atoms with Crippen LogP contribution in [0.15, 0.2) is 70.7 Å². The van der Waals surface area contributed by atoms with Crippen molar-refractivity contribution >= 4 is 31.8 Å². The Hall–Kier alpha value is -2.32. The molecule has 1 heterocycles. The first-order valence-electron chi connectivity index (χ1n) is 7.67. The van der Waals surface area contributed by atoms with E-state index in [1.54, 1.807) is 48.5 Å². The largest absolute Gasteiger partial charge is 0.460 e. The standard InChI is InChI=1S/C17H14BrNO5S/c18-13-9-5-4-8-12(13)15-14(20)16(17(19)23-15)24-25(21,22)10-11-6-2-1-3-7-11/h1-9,15H,10,19H2/i15D. The number of carbonyl (C=O) groups is 1. The normalized spacial score (nSPS) is 21.0. The van der Waals surface area contributed by atoms with Crippen LogP contribution >= 0.6 is 15.9 Å². The van der Waals surface area contributed by atoms with Crippen LogP contribution in [-0.2, 0) is 29.6 Å². The first-order chi connectivity index (χ1) is 12.2. The zero-order valence-corrected chi connectivity index (χ0v) is 15.2. The molecule has 1 aliphatic rings. The number of ether oxygens (including phenoxy) is 1. The highest BCUT2D eigenvalue weighted by Crippen LogP contribution is 2.35. The molecule has 2 N–H and O–H groups in total. The van der Waals surface area contributed by atoms with E-state index in [1.165, 1.54) is 6.07 Å². The first-order valence-corrected chi connectivity index (χ1v) is 9.54. The van der Waals surface area contributed by atoms with E-state index in [2.05, 4.69) is 15.9 Å². The van der Waals surface area contributed by atoms with Crippen molar-refractivity contribution in [3.63, 3.8) is 0 Å². The van der Waals surface area contributed by atoms with E-state index < -0.39 is 39.4 Å². The molecular weight excluding hydrogens is 410 g/mol. The number of ketones is 1. The lowest BCUT2D eigenvalue weighted by atomic mass is 10.1. The minimum Gasteiger partial charge on any atom is -0.460 e. The number of hydrogen-bond donors (Lipinski definition) is 1. The van der Waals surface area contributed by atoms with Gasteiger partial charge in [0.25, 0.3) is 0 Å². The molecule has 0 bridgehead atoms. The molecule has 3 rings (SSSR count). The summed E-state index contributed by atoms with van der Waals surface area (Å²) in [5.41, 5.74) is 6.32. The van der Waals surface area contributed by atoms with Gasteiger partial charge in [-0.3, -0.25) is 4.79 Å². The smallest absolute Gasteiger partial charge is 0.313 e. The van der Waals surface area contributed by atoms with Gasteiger partial charge >= 0.3 is 10.1 Å². The summed E-state index contributed by atoms with van der Waals surface area (Å²) in [6.07, 6.45) is -2.22. The Labute approximate surface area is 154 Å². The van der Waals surface area contributed by atoms with Gasteiger partial charge in [-0.05, 0) is 11.6 Å². The van der Waals surface area contributed by atoms with E-state index in [9.17, 15) is 13.2 Å². The van der Waals surface area contributed by atoms with Crippen LogP contribution in [-0.4, -0.2) is 14.2 Å². The van der Waals surface area contributed by atoms with Crippen molar-refractivity contribution in [3.8, 4) is 0 Å². The van der Waals surface area contributed by atoms with Gasteiger partial charge in [-0.15, -0.1) is 0 Å². The molecule has 1 atom stereocenters. The second-order valence-electron chi connectivity index (χ2n) is 5.20. The molecule has 0 spiro atoms. The molecule has 0 saturated heterocycles. The summed E-state index contributed by atoms with van der Waals surface area (Å²) >= 11 is 3.24. The van der Waals surface area contributed by atoms with E-state index in [0.29, 0.717) is 10.0 Å². The highest BCUT2D eigenvalue weighted by molar-refractivity contribution is 9.10. The van der Waals surface area contributed by atoms with Crippen molar-refractivity contribution in [3.05, 3.63) is 81.8 Å². The fourth-order valence-electron chi connectivity index (χ4n) is 2.25. The molecule has 25 heavy (non-hydrogen) atoms. The van der Waals surface area contributed by atoms with Crippen molar-refractivity contribution in [2.75, 3.05) is 0 Å². The van der Waals surface area contributed by atoms with Crippen LogP contribution in [0.3, 0.4) is 0 Å². The molecular formula is C17H14BrNO5S. The summed E-state index contributed by atoms with van der Waals surface area (Å²) in [6, 6.07) is 14.8. The molecule has 2 aromatic rings. The van der Waals surface area contributed by atoms with E-state index in [1.807, 2.05) is 0 Å². The Bertz CT molecular complexity index is 993. The number of hydrogen-bond acceptors (Lipinski definition) is 6. The van der Waals surface area contributed by atoms with Gasteiger partial charge in [-0.25, -0.2) is 0 Å². The second kappa shape index (κ2) is 6.89. The average molecular weight is 425 g/mol. The van der Waals surface area contributed by atoms with Crippen LogP contribution in [0.5, 0.6) is 0 Å². The van der Waals surface area contributed by atoms with Crippen molar-refractivity contribution < 1.29 is 23.5 Å². The van der Waals surface area contributed by atoms with Gasteiger partial charge in [-0.1, -0.05) is 64.5 Å². The van der Waals surface area contributed by atoms with Crippen LogP contribution in [0.4, 0.5) is 0 Å². The number of nitrogens with two attached hydrogens (primary N) is 1. The lowest BCUT2D eigenvalue weighted by Crippen LogP contribution is -2.16. The summed E-state index contributed by atoms with van der Waals surface area (Å²) in [7, 11) is -4.16. The first kappa shape index (κ1) is 16.2. The van der Waals surface area contributed by atoms with E-state index >= 15 is 0 Å². The maximum absolute atomic E-state index is 12.7. The lowest BCUT2D eigenvalue weighted by Gasteiger charge is -2.11. The van der Waals surface area contributed by atoms with Crippen molar-refractivity contribution in [1.82, 2.24) is 0 Å². The number of rotatable bonds is 5. The summed E-state index contributed by atoms with van der Waals surface area (Å²) < 4.78 is 43.4. The molecule has 8 heteroatoms. The highest BCUT2D eigenvalue weighted by atomic mass is 79.9. The minimum absolute atomic E-state index is 0.187. The Morgan fingerprint density at radius 2 is 1.80 bits per heavy atom. The van der Waals surface area contributed by atoms with Gasteiger partial charge in [0, 0.05) is 10.0 Å². The van der Waals surface area contributed by atoms with E-state index in [0.717, 1.165) is 0 Å². The average Bonchev–Trinajstić information content (AvgIpc) is 2.79. The molecule has 0 radical (unpaired) electrons. The number of benzene rings is 2. The molecule has 0 amide bonds. The quantitative estimate of drug-likeness (QED) is 0.741. The van der Waals surface area contributed by atoms with E-state index in [-0.39, 0.29) is 5.56 Å². The predicted octanol–water partition coefficient (Wildman–Crippen LogP) is 2.76. The Morgan fingerprint density at radius 3 is 2.48 bits per heavy atom. The van der Waals surface area contributed by atoms with Gasteiger partial charge < -0.3 is 14.7 Å². The maximum atomic E-state index is 12.7. The fourth-order valence-corrected chi connectivity index (χ4v) is 3.79. The molecule has 0 saturated carbocycles. The van der Waals surface area contributed by atoms with Gasteiger partial charge in [0.1, 0.15) is 5.75 Å². The molecule has 0 aromatic heterocycles. The second-order valence-corrected chi connectivity index (χ2v) is 7.63. The SMILES string of the molecule is [2H]C1(c2ccccc2Br)OC(N)=C(OS(=O)(=O)Cc2ccccc2)C1=O. The topological polar surface area (TPSA) is 95.7 Å². The molecule has 1 unspecified atom stereocenters. The third-order valence-electron chi connectivity index (χ3n) is 3.36. The van der Waals surface area contributed by atoms with Crippen LogP contribution in [0.2, 0.25) is 0 Å². The monoisotopic (exact) mass is 424 g/mol. The predicted molar refractivity (Wildman–Crippen MR) is 94.3 cm³/mol. The zero-order chi connectivity index (χ0) is 18.9. The van der Waals surface area contributed by atoms with Crippen LogP contribution < -0.4 is 5.73 Å². The third-order valence-corrected chi connectivity index (χ3v) is 5.16. The zero-order valence-electron chi connectivity index (χ0n) is 13.8.